The molecular weight excluding hydrogens is 276 g/mol. The number of nitrogens with zero attached hydrogens (tertiary/aromatic N) is 2. The van der Waals surface area contributed by atoms with Crippen molar-refractivity contribution in [3.8, 4) is 0 Å². The molecule has 0 radical (unpaired) electrons. The predicted molar refractivity (Wildman–Crippen MR) is 81.1 cm³/mol. The summed E-state index contributed by atoms with van der Waals surface area (Å²) in [5.41, 5.74) is 0.927. The van der Waals surface area contributed by atoms with E-state index in [4.69, 9.17) is 0 Å². The molecule has 0 fully saturated rings. The molecule has 2 aromatic heterocycles. The van der Waals surface area contributed by atoms with Crippen LogP contribution in [0.25, 0.3) is 0 Å². The van der Waals surface area contributed by atoms with Crippen LogP contribution in [0.3, 0.4) is 0 Å². The second-order valence-electron chi connectivity index (χ2n) is 4.81. The summed E-state index contributed by atoms with van der Waals surface area (Å²) in [4.78, 5) is 9.61. The minimum absolute atomic E-state index is 0.353. The molecule has 0 amide bonds. The highest BCUT2D eigenvalue weighted by molar-refractivity contribution is 7.15. The molecule has 0 aromatic carbocycles. The van der Waals surface area contributed by atoms with Crippen LogP contribution in [0, 0.1) is 0 Å². The summed E-state index contributed by atoms with van der Waals surface area (Å²) in [6.45, 7) is 4.02. The monoisotopic (exact) mass is 294 g/mol. The Bertz CT molecular complexity index is 536. The van der Waals surface area contributed by atoms with E-state index < -0.39 is 0 Å². The maximum atomic E-state index is 10.0. The molecule has 1 atom stereocenters. The minimum atomic E-state index is -0.353. The fourth-order valence-electron chi connectivity index (χ4n) is 2.42. The van der Waals surface area contributed by atoms with Crippen LogP contribution in [-0.2, 0) is 13.0 Å². The van der Waals surface area contributed by atoms with Gasteiger partial charge in [0.05, 0.1) is 18.3 Å². The molecular formula is C14H18N2OS2. The van der Waals surface area contributed by atoms with Crippen molar-refractivity contribution in [2.45, 2.75) is 38.8 Å². The topological polar surface area (TPSA) is 36.4 Å². The molecule has 1 aliphatic rings. The van der Waals surface area contributed by atoms with E-state index >= 15 is 0 Å². The largest absolute Gasteiger partial charge is 0.387 e. The number of aliphatic hydroxyl groups is 1. The Kier molecular flexibility index (Phi) is 3.86. The first-order valence-corrected chi connectivity index (χ1v) is 8.42. The van der Waals surface area contributed by atoms with Gasteiger partial charge in [-0.1, -0.05) is 6.07 Å². The van der Waals surface area contributed by atoms with Gasteiger partial charge < -0.3 is 10.0 Å². The smallest absolute Gasteiger partial charge is 0.186 e. The molecule has 0 saturated heterocycles. The summed E-state index contributed by atoms with van der Waals surface area (Å²) in [7, 11) is 0. The van der Waals surface area contributed by atoms with Crippen LogP contribution < -0.4 is 4.90 Å². The van der Waals surface area contributed by atoms with Gasteiger partial charge in [-0.3, -0.25) is 0 Å². The van der Waals surface area contributed by atoms with E-state index in [1.54, 1.807) is 22.7 Å². The number of aryl methyl sites for hydroxylation is 1. The van der Waals surface area contributed by atoms with Gasteiger partial charge in [-0.15, -0.1) is 22.7 Å². The molecule has 0 saturated carbocycles. The Labute approximate surface area is 121 Å². The van der Waals surface area contributed by atoms with Crippen molar-refractivity contribution >= 4 is 27.8 Å². The van der Waals surface area contributed by atoms with Gasteiger partial charge in [0.15, 0.2) is 5.13 Å². The maximum Gasteiger partial charge on any atom is 0.186 e. The Balaban J connectivity index is 1.83. The molecule has 1 aliphatic carbocycles. The Hall–Kier alpha value is -0.910. The Morgan fingerprint density at radius 3 is 3.11 bits per heavy atom. The molecule has 5 heteroatoms. The van der Waals surface area contributed by atoms with E-state index in [1.165, 1.54) is 9.75 Å². The maximum absolute atomic E-state index is 10.0. The van der Waals surface area contributed by atoms with Crippen molar-refractivity contribution in [3.63, 3.8) is 0 Å². The van der Waals surface area contributed by atoms with Crippen LogP contribution in [0.1, 0.15) is 41.3 Å². The minimum Gasteiger partial charge on any atom is -0.387 e. The molecule has 0 aliphatic heterocycles. The Morgan fingerprint density at radius 1 is 1.53 bits per heavy atom. The van der Waals surface area contributed by atoms with E-state index in [-0.39, 0.29) is 6.10 Å². The number of rotatable bonds is 4. The summed E-state index contributed by atoms with van der Waals surface area (Å²) in [5, 5.41) is 13.2. The highest BCUT2D eigenvalue weighted by Crippen LogP contribution is 2.37. The lowest BCUT2D eigenvalue weighted by atomic mass is 10.0. The zero-order chi connectivity index (χ0) is 13.2. The summed E-state index contributed by atoms with van der Waals surface area (Å²) >= 11 is 3.54. The average Bonchev–Trinajstić information content (AvgIpc) is 3.05. The summed E-state index contributed by atoms with van der Waals surface area (Å²) < 4.78 is 0. The zero-order valence-electron chi connectivity index (χ0n) is 11.0. The van der Waals surface area contributed by atoms with Gasteiger partial charge >= 0.3 is 0 Å². The fourth-order valence-corrected chi connectivity index (χ4v) is 4.36. The van der Waals surface area contributed by atoms with Gasteiger partial charge in [0.25, 0.3) is 0 Å². The summed E-state index contributed by atoms with van der Waals surface area (Å²) in [5.74, 6) is 0. The number of anilines is 1. The van der Waals surface area contributed by atoms with E-state index in [1.807, 2.05) is 0 Å². The highest BCUT2D eigenvalue weighted by Gasteiger charge is 2.24. The number of aliphatic hydroxyl groups excluding tert-OH is 1. The first-order chi connectivity index (χ1) is 9.28. The molecule has 3 rings (SSSR count). The van der Waals surface area contributed by atoms with Crippen LogP contribution in [0.2, 0.25) is 0 Å². The second kappa shape index (κ2) is 5.61. The molecule has 0 bridgehead atoms. The number of fused-ring (bicyclic) bond motifs is 1. The van der Waals surface area contributed by atoms with Crippen molar-refractivity contribution in [1.29, 1.82) is 0 Å². The van der Waals surface area contributed by atoms with E-state index in [9.17, 15) is 5.11 Å². The van der Waals surface area contributed by atoms with Crippen molar-refractivity contribution < 1.29 is 5.11 Å². The van der Waals surface area contributed by atoms with Crippen LogP contribution >= 0.6 is 22.7 Å². The lowest BCUT2D eigenvalue weighted by Gasteiger charge is -2.18. The van der Waals surface area contributed by atoms with Gasteiger partial charge in [-0.25, -0.2) is 4.98 Å². The van der Waals surface area contributed by atoms with Crippen molar-refractivity contribution in [3.05, 3.63) is 33.0 Å². The van der Waals surface area contributed by atoms with Gasteiger partial charge in [0, 0.05) is 16.3 Å². The highest BCUT2D eigenvalue weighted by atomic mass is 32.1. The van der Waals surface area contributed by atoms with Crippen LogP contribution in [0.15, 0.2) is 17.5 Å². The third-order valence-corrected chi connectivity index (χ3v) is 5.55. The van der Waals surface area contributed by atoms with Crippen LogP contribution in [0.5, 0.6) is 0 Å². The van der Waals surface area contributed by atoms with Gasteiger partial charge in [-0.2, -0.15) is 0 Å². The SMILES string of the molecule is CCN(Cc1cccs1)c1nc2c(s1)CCCC2O. The molecule has 19 heavy (non-hydrogen) atoms. The van der Waals surface area contributed by atoms with Crippen LogP contribution in [0.4, 0.5) is 5.13 Å². The molecule has 2 heterocycles. The average molecular weight is 294 g/mol. The van der Waals surface area contributed by atoms with Crippen molar-refractivity contribution in [2.24, 2.45) is 0 Å². The van der Waals surface area contributed by atoms with Gasteiger partial charge in [-0.05, 0) is 37.6 Å². The van der Waals surface area contributed by atoms with E-state index in [0.717, 1.165) is 43.2 Å². The fraction of sp³-hybridized carbons (Fsp3) is 0.500. The van der Waals surface area contributed by atoms with E-state index in [0.29, 0.717) is 0 Å². The lowest BCUT2D eigenvalue weighted by Crippen LogP contribution is -2.21. The second-order valence-corrected chi connectivity index (χ2v) is 6.90. The first-order valence-electron chi connectivity index (χ1n) is 6.73. The molecule has 3 nitrogen and oxygen atoms in total. The number of hydrogen-bond acceptors (Lipinski definition) is 5. The number of thiazole rings is 1. The normalized spacial score (nSPS) is 18.3. The zero-order valence-corrected chi connectivity index (χ0v) is 12.6. The number of aromatic nitrogens is 1. The van der Waals surface area contributed by atoms with Gasteiger partial charge in [0.1, 0.15) is 0 Å². The molecule has 2 aromatic rings. The number of hydrogen-bond donors (Lipinski definition) is 1. The predicted octanol–water partition coefficient (Wildman–Crippen LogP) is 3.60. The summed E-state index contributed by atoms with van der Waals surface area (Å²) in [6.07, 6.45) is 2.65. The molecule has 102 valence electrons. The van der Waals surface area contributed by atoms with Crippen molar-refractivity contribution in [1.82, 2.24) is 4.98 Å². The van der Waals surface area contributed by atoms with Crippen molar-refractivity contribution in [2.75, 3.05) is 11.4 Å². The number of thiophene rings is 1. The molecule has 1 N–H and O–H groups in total. The van der Waals surface area contributed by atoms with Crippen LogP contribution in [-0.4, -0.2) is 16.6 Å². The van der Waals surface area contributed by atoms with E-state index in [2.05, 4.69) is 34.3 Å². The standard InChI is InChI=1S/C14H18N2OS2/c1-2-16(9-10-5-4-8-18-10)14-15-13-11(17)6-3-7-12(13)19-14/h4-5,8,11,17H,2-3,6-7,9H2,1H3. The Morgan fingerprint density at radius 2 is 2.42 bits per heavy atom. The molecule has 1 unspecified atom stereocenters. The first kappa shape index (κ1) is 13.1. The lowest BCUT2D eigenvalue weighted by molar-refractivity contribution is 0.153. The van der Waals surface area contributed by atoms with Gasteiger partial charge in [0.2, 0.25) is 0 Å². The third-order valence-electron chi connectivity index (χ3n) is 3.49. The quantitative estimate of drug-likeness (QED) is 0.936. The third kappa shape index (κ3) is 2.68. The summed E-state index contributed by atoms with van der Waals surface area (Å²) in [6, 6.07) is 4.25. The molecule has 0 spiro atoms.